The molecule has 0 aliphatic carbocycles. The Morgan fingerprint density at radius 1 is 1.16 bits per heavy atom. The molecule has 1 aliphatic heterocycles. The average Bonchev–Trinajstić information content (AvgIpc) is 3.10. The first-order chi connectivity index (χ1) is 15.4. The number of nitro benzene ring substituents is 1. The van der Waals surface area contributed by atoms with Crippen LogP contribution in [0.25, 0.3) is 0 Å². The van der Waals surface area contributed by atoms with E-state index in [2.05, 4.69) is 14.3 Å². The molecular weight excluding hydrogens is 457 g/mol. The number of hydrogen-bond acceptors (Lipinski definition) is 7. The van der Waals surface area contributed by atoms with Crippen LogP contribution in [-0.4, -0.2) is 51.3 Å². The van der Waals surface area contributed by atoms with Gasteiger partial charge in [-0.25, -0.2) is 9.37 Å². The molecule has 1 amide bonds. The van der Waals surface area contributed by atoms with E-state index in [4.69, 9.17) is 11.6 Å². The zero-order valence-electron chi connectivity index (χ0n) is 16.9. The Morgan fingerprint density at radius 2 is 1.94 bits per heavy atom. The number of carbonyl (C=O) groups is 1. The van der Waals surface area contributed by atoms with Gasteiger partial charge in [0.1, 0.15) is 16.7 Å². The lowest BCUT2D eigenvalue weighted by Gasteiger charge is -2.21. The van der Waals surface area contributed by atoms with Crippen LogP contribution in [0.2, 0.25) is 5.02 Å². The van der Waals surface area contributed by atoms with Gasteiger partial charge >= 0.3 is 0 Å². The first-order valence-electron chi connectivity index (χ1n) is 9.96. The first-order valence-corrected chi connectivity index (χ1v) is 11.1. The van der Waals surface area contributed by atoms with Gasteiger partial charge in [0.25, 0.3) is 11.6 Å². The molecule has 2 aromatic carbocycles. The van der Waals surface area contributed by atoms with Gasteiger partial charge in [0, 0.05) is 55.8 Å². The van der Waals surface area contributed by atoms with E-state index in [1.807, 2.05) is 0 Å². The maximum atomic E-state index is 13.1. The van der Waals surface area contributed by atoms with Gasteiger partial charge in [0.05, 0.1) is 4.92 Å². The normalized spacial score (nSPS) is 14.3. The van der Waals surface area contributed by atoms with Crippen molar-refractivity contribution < 1.29 is 14.1 Å². The summed E-state index contributed by atoms with van der Waals surface area (Å²) in [6.45, 7) is 2.29. The molecule has 1 saturated heterocycles. The molecule has 8 nitrogen and oxygen atoms in total. The predicted molar refractivity (Wildman–Crippen MR) is 120 cm³/mol. The lowest BCUT2D eigenvalue weighted by atomic mass is 10.1. The molecular formula is C21H19ClFN5O3S. The third-order valence-electron chi connectivity index (χ3n) is 5.18. The smallest absolute Gasteiger partial charge is 0.288 e. The Bertz CT molecular complexity index is 1140. The SMILES string of the molecule is O=C(c1ccc(Cl)c([N+](=O)[O-])c1)N1CCCN(c2nc(Cc3ccc(F)cc3)ns2)CC1. The molecule has 0 spiro atoms. The summed E-state index contributed by atoms with van der Waals surface area (Å²) in [7, 11) is 0. The number of nitrogens with zero attached hydrogens (tertiary/aromatic N) is 5. The molecule has 11 heteroatoms. The van der Waals surface area contributed by atoms with Crippen LogP contribution in [-0.2, 0) is 6.42 Å². The van der Waals surface area contributed by atoms with E-state index in [1.54, 1.807) is 17.0 Å². The number of carbonyl (C=O) groups excluding carboxylic acids is 1. The number of halogens is 2. The van der Waals surface area contributed by atoms with E-state index < -0.39 is 4.92 Å². The van der Waals surface area contributed by atoms with Crippen LogP contribution in [0.4, 0.5) is 15.2 Å². The minimum atomic E-state index is -0.595. The fourth-order valence-electron chi connectivity index (χ4n) is 3.51. The Hall–Kier alpha value is -3.11. The third-order valence-corrected chi connectivity index (χ3v) is 6.31. The second-order valence-corrected chi connectivity index (χ2v) is 8.49. The maximum absolute atomic E-state index is 13.1. The van der Waals surface area contributed by atoms with E-state index in [1.165, 1.54) is 41.9 Å². The summed E-state index contributed by atoms with van der Waals surface area (Å²) < 4.78 is 17.5. The number of benzene rings is 2. The van der Waals surface area contributed by atoms with Crippen LogP contribution in [0, 0.1) is 15.9 Å². The Labute approximate surface area is 192 Å². The molecule has 0 N–H and O–H groups in total. The number of rotatable bonds is 5. The molecule has 0 saturated carbocycles. The Kier molecular flexibility index (Phi) is 6.61. The number of anilines is 1. The average molecular weight is 476 g/mol. The number of nitro groups is 1. The van der Waals surface area contributed by atoms with E-state index in [0.717, 1.165) is 23.7 Å². The Morgan fingerprint density at radius 3 is 2.69 bits per heavy atom. The minimum absolute atomic E-state index is 0.00121. The lowest BCUT2D eigenvalue weighted by Crippen LogP contribution is -2.35. The van der Waals surface area contributed by atoms with Gasteiger partial charge in [-0.05, 0) is 36.2 Å². The highest BCUT2D eigenvalue weighted by Crippen LogP contribution is 2.26. The van der Waals surface area contributed by atoms with Crippen LogP contribution in [0.15, 0.2) is 42.5 Å². The zero-order valence-corrected chi connectivity index (χ0v) is 18.5. The van der Waals surface area contributed by atoms with Gasteiger partial charge in [-0.3, -0.25) is 14.9 Å². The van der Waals surface area contributed by atoms with E-state index >= 15 is 0 Å². The van der Waals surface area contributed by atoms with Gasteiger partial charge in [-0.1, -0.05) is 23.7 Å². The molecule has 2 heterocycles. The van der Waals surface area contributed by atoms with Crippen molar-refractivity contribution in [2.24, 2.45) is 0 Å². The fourth-order valence-corrected chi connectivity index (χ4v) is 4.43. The summed E-state index contributed by atoms with van der Waals surface area (Å²) in [5, 5.41) is 11.9. The van der Waals surface area contributed by atoms with Crippen molar-refractivity contribution in [3.63, 3.8) is 0 Å². The molecule has 4 rings (SSSR count). The highest BCUT2D eigenvalue weighted by Gasteiger charge is 2.24. The molecule has 0 radical (unpaired) electrons. The second kappa shape index (κ2) is 9.58. The fraction of sp³-hybridized carbons (Fsp3) is 0.286. The first kappa shape index (κ1) is 22.1. The van der Waals surface area contributed by atoms with Crippen LogP contribution in [0.1, 0.15) is 28.2 Å². The minimum Gasteiger partial charge on any atom is -0.345 e. The summed E-state index contributed by atoms with van der Waals surface area (Å²) in [5.74, 6) is 0.126. The maximum Gasteiger partial charge on any atom is 0.288 e. The largest absolute Gasteiger partial charge is 0.345 e. The van der Waals surface area contributed by atoms with Crippen molar-refractivity contribution in [1.29, 1.82) is 0 Å². The van der Waals surface area contributed by atoms with Gasteiger partial charge in [0.15, 0.2) is 0 Å². The van der Waals surface area contributed by atoms with Crippen molar-refractivity contribution in [2.45, 2.75) is 12.8 Å². The van der Waals surface area contributed by atoms with Gasteiger partial charge in [0.2, 0.25) is 5.13 Å². The number of aromatic nitrogens is 2. The molecule has 0 atom stereocenters. The highest BCUT2D eigenvalue weighted by atomic mass is 35.5. The quantitative estimate of drug-likeness (QED) is 0.406. The zero-order chi connectivity index (χ0) is 22.7. The summed E-state index contributed by atoms with van der Waals surface area (Å²) in [5.41, 5.74) is 0.893. The van der Waals surface area contributed by atoms with Gasteiger partial charge in [-0.2, -0.15) is 4.37 Å². The highest BCUT2D eigenvalue weighted by molar-refractivity contribution is 7.09. The van der Waals surface area contributed by atoms with Crippen LogP contribution in [0.3, 0.4) is 0 Å². The van der Waals surface area contributed by atoms with Crippen LogP contribution in [0.5, 0.6) is 0 Å². The van der Waals surface area contributed by atoms with E-state index in [-0.39, 0.29) is 28.0 Å². The monoisotopic (exact) mass is 475 g/mol. The van der Waals surface area contributed by atoms with E-state index in [0.29, 0.717) is 31.9 Å². The standard InChI is InChI=1S/C21H19ClFN5O3S/c22-17-7-4-15(13-18(17)28(30)31)20(29)26-8-1-9-27(11-10-26)21-24-19(25-32-21)12-14-2-5-16(23)6-3-14/h2-7,13H,1,8-12H2. The van der Waals surface area contributed by atoms with E-state index in [9.17, 15) is 19.3 Å². The van der Waals surface area contributed by atoms with Crippen molar-refractivity contribution in [1.82, 2.24) is 14.3 Å². The molecule has 1 aliphatic rings. The second-order valence-electron chi connectivity index (χ2n) is 7.35. The summed E-state index contributed by atoms with van der Waals surface area (Å²) in [6.07, 6.45) is 1.25. The lowest BCUT2D eigenvalue weighted by molar-refractivity contribution is -0.384. The van der Waals surface area contributed by atoms with Crippen LogP contribution < -0.4 is 4.90 Å². The topological polar surface area (TPSA) is 92.5 Å². The van der Waals surface area contributed by atoms with Crippen molar-refractivity contribution in [3.8, 4) is 0 Å². The van der Waals surface area contributed by atoms with Crippen molar-refractivity contribution >= 4 is 39.9 Å². The van der Waals surface area contributed by atoms with Crippen molar-refractivity contribution in [2.75, 3.05) is 31.1 Å². The molecule has 1 fully saturated rings. The molecule has 3 aromatic rings. The summed E-state index contributed by atoms with van der Waals surface area (Å²) in [6, 6.07) is 10.4. The molecule has 0 unspecified atom stereocenters. The number of hydrogen-bond donors (Lipinski definition) is 0. The molecule has 0 bridgehead atoms. The Balaban J connectivity index is 1.41. The third kappa shape index (κ3) is 5.03. The molecule has 166 valence electrons. The molecule has 32 heavy (non-hydrogen) atoms. The van der Waals surface area contributed by atoms with Gasteiger partial charge in [-0.15, -0.1) is 0 Å². The number of amides is 1. The van der Waals surface area contributed by atoms with Crippen molar-refractivity contribution in [3.05, 3.63) is 80.4 Å². The van der Waals surface area contributed by atoms with Gasteiger partial charge < -0.3 is 9.80 Å². The summed E-state index contributed by atoms with van der Waals surface area (Å²) in [4.78, 5) is 31.8. The van der Waals surface area contributed by atoms with Crippen LogP contribution >= 0.6 is 23.1 Å². The summed E-state index contributed by atoms with van der Waals surface area (Å²) >= 11 is 7.15. The predicted octanol–water partition coefficient (Wildman–Crippen LogP) is 4.18. The molecule has 1 aromatic heterocycles.